The summed E-state index contributed by atoms with van der Waals surface area (Å²) in [6.45, 7) is 7.43. The summed E-state index contributed by atoms with van der Waals surface area (Å²) in [6.07, 6.45) is 5.84. The molecule has 0 aromatic carbocycles. The lowest BCUT2D eigenvalue weighted by Crippen LogP contribution is -2.40. The second-order valence-corrected chi connectivity index (χ2v) is 6.15. The molecule has 0 radical (unpaired) electrons. The molecular weight excluding hydrogens is 278 g/mol. The van der Waals surface area contributed by atoms with Crippen molar-refractivity contribution in [3.8, 4) is 0 Å². The molecule has 1 aliphatic heterocycles. The Morgan fingerprint density at radius 1 is 1.50 bits per heavy atom. The first-order chi connectivity index (χ1) is 10.6. The fourth-order valence-electron chi connectivity index (χ4n) is 3.40. The zero-order valence-corrected chi connectivity index (χ0v) is 13.5. The largest absolute Gasteiger partial charge is 0.466 e. The van der Waals surface area contributed by atoms with Crippen LogP contribution < -0.4 is 0 Å². The topological polar surface area (TPSA) is 51.3 Å². The van der Waals surface area contributed by atoms with Crippen LogP contribution in [0, 0.1) is 13.8 Å². The minimum atomic E-state index is -0.157. The third-order valence-electron chi connectivity index (χ3n) is 4.53. The van der Waals surface area contributed by atoms with E-state index in [9.17, 15) is 4.79 Å². The van der Waals surface area contributed by atoms with Gasteiger partial charge in [0, 0.05) is 24.5 Å². The standard InChI is InChI=1S/C17H23N3O2/c1-12-10-16(14(3)22-12)13(2)17(21)20-9-4-6-15(20)11-19-8-5-7-18-19/h5,7-8,10,13,15H,4,6,9,11H2,1-3H3/t13-,15+/m1/s1. The fraction of sp³-hybridized carbons (Fsp3) is 0.529. The molecule has 3 rings (SSSR count). The van der Waals surface area contributed by atoms with E-state index >= 15 is 0 Å². The fourth-order valence-corrected chi connectivity index (χ4v) is 3.40. The lowest BCUT2D eigenvalue weighted by atomic mass is 9.99. The van der Waals surface area contributed by atoms with Gasteiger partial charge in [-0.15, -0.1) is 0 Å². The number of carbonyl (C=O) groups is 1. The maximum atomic E-state index is 12.9. The lowest BCUT2D eigenvalue weighted by molar-refractivity contribution is -0.133. The van der Waals surface area contributed by atoms with E-state index in [-0.39, 0.29) is 17.9 Å². The Balaban J connectivity index is 1.74. The molecule has 1 aliphatic rings. The van der Waals surface area contributed by atoms with Crippen molar-refractivity contribution in [3.05, 3.63) is 41.6 Å². The van der Waals surface area contributed by atoms with Gasteiger partial charge in [0.15, 0.2) is 0 Å². The molecule has 1 amide bonds. The minimum absolute atomic E-state index is 0.157. The smallest absolute Gasteiger partial charge is 0.230 e. The predicted octanol–water partition coefficient (Wildman–Crippen LogP) is 2.89. The molecule has 1 fully saturated rings. The number of likely N-dealkylation sites (tertiary alicyclic amines) is 1. The lowest BCUT2D eigenvalue weighted by Gasteiger charge is -2.27. The first-order valence-corrected chi connectivity index (χ1v) is 7.91. The molecule has 0 aliphatic carbocycles. The van der Waals surface area contributed by atoms with Gasteiger partial charge >= 0.3 is 0 Å². The van der Waals surface area contributed by atoms with Crippen molar-refractivity contribution in [2.75, 3.05) is 6.54 Å². The van der Waals surface area contributed by atoms with Crippen molar-refractivity contribution in [1.29, 1.82) is 0 Å². The van der Waals surface area contributed by atoms with Gasteiger partial charge in [0.05, 0.1) is 18.5 Å². The van der Waals surface area contributed by atoms with Crippen LogP contribution in [0.1, 0.15) is 42.8 Å². The Morgan fingerprint density at radius 3 is 2.95 bits per heavy atom. The van der Waals surface area contributed by atoms with Gasteiger partial charge in [-0.1, -0.05) is 0 Å². The number of nitrogens with zero attached hydrogens (tertiary/aromatic N) is 3. The molecule has 22 heavy (non-hydrogen) atoms. The molecule has 5 nitrogen and oxygen atoms in total. The normalized spacial score (nSPS) is 19.6. The average Bonchev–Trinajstić information content (AvgIpc) is 3.20. The molecule has 118 valence electrons. The van der Waals surface area contributed by atoms with E-state index in [4.69, 9.17) is 4.42 Å². The van der Waals surface area contributed by atoms with Gasteiger partial charge < -0.3 is 9.32 Å². The summed E-state index contributed by atoms with van der Waals surface area (Å²) in [5.74, 6) is 1.75. The number of aryl methyl sites for hydroxylation is 2. The Bertz CT molecular complexity index is 645. The maximum Gasteiger partial charge on any atom is 0.230 e. The van der Waals surface area contributed by atoms with Crippen molar-refractivity contribution in [2.45, 2.75) is 52.1 Å². The molecule has 2 aromatic rings. The quantitative estimate of drug-likeness (QED) is 0.872. The van der Waals surface area contributed by atoms with Crippen LogP contribution in [0.5, 0.6) is 0 Å². The molecule has 5 heteroatoms. The third-order valence-corrected chi connectivity index (χ3v) is 4.53. The number of hydrogen-bond acceptors (Lipinski definition) is 3. The molecule has 1 saturated heterocycles. The highest BCUT2D eigenvalue weighted by Crippen LogP contribution is 2.28. The number of carbonyl (C=O) groups excluding carboxylic acids is 1. The summed E-state index contributed by atoms with van der Waals surface area (Å²) in [5.41, 5.74) is 1.01. The molecular formula is C17H23N3O2. The van der Waals surface area contributed by atoms with Crippen LogP contribution in [0.4, 0.5) is 0 Å². The highest BCUT2D eigenvalue weighted by molar-refractivity contribution is 5.84. The number of furan rings is 1. The Kier molecular flexibility index (Phi) is 4.05. The van der Waals surface area contributed by atoms with Gasteiger partial charge in [-0.25, -0.2) is 0 Å². The van der Waals surface area contributed by atoms with Crippen LogP contribution >= 0.6 is 0 Å². The van der Waals surface area contributed by atoms with Gasteiger partial charge in [0.1, 0.15) is 11.5 Å². The molecule has 2 atom stereocenters. The molecule has 0 bridgehead atoms. The van der Waals surface area contributed by atoms with Crippen LogP contribution in [0.3, 0.4) is 0 Å². The van der Waals surface area contributed by atoms with Crippen molar-refractivity contribution < 1.29 is 9.21 Å². The summed E-state index contributed by atoms with van der Waals surface area (Å²) in [6, 6.07) is 4.14. The predicted molar refractivity (Wildman–Crippen MR) is 83.6 cm³/mol. The first-order valence-electron chi connectivity index (χ1n) is 7.91. The van der Waals surface area contributed by atoms with Gasteiger partial charge in [0.2, 0.25) is 5.91 Å². The van der Waals surface area contributed by atoms with Crippen molar-refractivity contribution in [2.24, 2.45) is 0 Å². The summed E-state index contributed by atoms with van der Waals surface area (Å²) in [5, 5.41) is 4.26. The van der Waals surface area contributed by atoms with Gasteiger partial charge in [-0.2, -0.15) is 5.10 Å². The zero-order chi connectivity index (χ0) is 15.7. The van der Waals surface area contributed by atoms with E-state index in [0.29, 0.717) is 0 Å². The van der Waals surface area contributed by atoms with E-state index in [1.165, 1.54) is 0 Å². The second kappa shape index (κ2) is 5.99. The minimum Gasteiger partial charge on any atom is -0.466 e. The molecule has 3 heterocycles. The van der Waals surface area contributed by atoms with E-state index in [1.54, 1.807) is 6.20 Å². The number of aromatic nitrogens is 2. The average molecular weight is 301 g/mol. The SMILES string of the molecule is Cc1cc([C@@H](C)C(=O)N2CCC[C@H]2Cn2cccn2)c(C)o1. The first kappa shape index (κ1) is 14.9. The Morgan fingerprint density at radius 2 is 2.32 bits per heavy atom. The van der Waals surface area contributed by atoms with Crippen LogP contribution in [0.15, 0.2) is 28.9 Å². The van der Waals surface area contributed by atoms with Crippen LogP contribution in [0.2, 0.25) is 0 Å². The zero-order valence-electron chi connectivity index (χ0n) is 13.5. The molecule has 2 aromatic heterocycles. The molecule has 0 spiro atoms. The number of rotatable bonds is 4. The van der Waals surface area contributed by atoms with Crippen LogP contribution in [-0.4, -0.2) is 33.2 Å². The molecule has 0 unspecified atom stereocenters. The van der Waals surface area contributed by atoms with Crippen molar-refractivity contribution in [3.63, 3.8) is 0 Å². The van der Waals surface area contributed by atoms with Crippen molar-refractivity contribution in [1.82, 2.24) is 14.7 Å². The third kappa shape index (κ3) is 2.80. The Labute approximate surface area is 130 Å². The molecule has 0 saturated carbocycles. The van der Waals surface area contributed by atoms with Crippen LogP contribution in [-0.2, 0) is 11.3 Å². The number of hydrogen-bond donors (Lipinski definition) is 0. The van der Waals surface area contributed by atoms with Crippen molar-refractivity contribution >= 4 is 5.91 Å². The second-order valence-electron chi connectivity index (χ2n) is 6.15. The van der Waals surface area contributed by atoms with E-state index in [0.717, 1.165) is 43.0 Å². The van der Waals surface area contributed by atoms with E-state index in [2.05, 4.69) is 5.10 Å². The van der Waals surface area contributed by atoms with Crippen LogP contribution in [0.25, 0.3) is 0 Å². The van der Waals surface area contributed by atoms with E-state index in [1.807, 2.05) is 48.7 Å². The summed E-state index contributed by atoms with van der Waals surface area (Å²) in [4.78, 5) is 14.9. The highest BCUT2D eigenvalue weighted by atomic mass is 16.3. The molecule has 0 N–H and O–H groups in total. The van der Waals surface area contributed by atoms with Gasteiger partial charge in [0.25, 0.3) is 0 Å². The van der Waals surface area contributed by atoms with E-state index < -0.39 is 0 Å². The highest BCUT2D eigenvalue weighted by Gasteiger charge is 2.33. The number of amides is 1. The van der Waals surface area contributed by atoms with Gasteiger partial charge in [-0.3, -0.25) is 9.48 Å². The monoisotopic (exact) mass is 301 g/mol. The van der Waals surface area contributed by atoms with Gasteiger partial charge in [-0.05, 0) is 45.7 Å². The summed E-state index contributed by atoms with van der Waals surface area (Å²) < 4.78 is 7.49. The maximum absolute atomic E-state index is 12.9. The Hall–Kier alpha value is -2.04. The summed E-state index contributed by atoms with van der Waals surface area (Å²) in [7, 11) is 0. The summed E-state index contributed by atoms with van der Waals surface area (Å²) >= 11 is 0.